The van der Waals surface area contributed by atoms with Crippen LogP contribution in [0.3, 0.4) is 0 Å². The normalized spacial score (nSPS) is 11.3. The van der Waals surface area contributed by atoms with E-state index >= 15 is 0 Å². The summed E-state index contributed by atoms with van der Waals surface area (Å²) < 4.78 is 44.3. The molecule has 1 aromatic heterocycles. The molecule has 0 unspecified atom stereocenters. The first-order valence-electron chi connectivity index (χ1n) is 8.98. The summed E-state index contributed by atoms with van der Waals surface area (Å²) in [5.74, 6) is -1.11. The molecule has 10 heteroatoms. The zero-order valence-corrected chi connectivity index (χ0v) is 17.0. The van der Waals surface area contributed by atoms with E-state index in [0.29, 0.717) is 16.8 Å². The van der Waals surface area contributed by atoms with Crippen LogP contribution in [0.15, 0.2) is 53.9 Å². The third-order valence-electron chi connectivity index (χ3n) is 4.20. The van der Waals surface area contributed by atoms with Crippen LogP contribution in [0.25, 0.3) is 0 Å². The van der Waals surface area contributed by atoms with Gasteiger partial charge in [-0.15, -0.1) is 11.3 Å². The van der Waals surface area contributed by atoms with Crippen molar-refractivity contribution in [3.63, 3.8) is 0 Å². The molecule has 0 radical (unpaired) electrons. The molecule has 2 aromatic carbocycles. The molecule has 0 saturated heterocycles. The lowest BCUT2D eigenvalue weighted by Gasteiger charge is -2.19. The van der Waals surface area contributed by atoms with Crippen molar-refractivity contribution in [3.8, 4) is 0 Å². The maximum atomic E-state index is 13.0. The predicted octanol–water partition coefficient (Wildman–Crippen LogP) is 4.70. The van der Waals surface area contributed by atoms with E-state index in [1.807, 2.05) is 0 Å². The summed E-state index contributed by atoms with van der Waals surface area (Å²) in [6.07, 6.45) is -4.55. The van der Waals surface area contributed by atoms with Crippen molar-refractivity contribution in [2.45, 2.75) is 26.3 Å². The second-order valence-electron chi connectivity index (χ2n) is 6.46. The molecule has 0 bridgehead atoms. The zero-order chi connectivity index (χ0) is 22.6. The van der Waals surface area contributed by atoms with Crippen molar-refractivity contribution in [3.05, 3.63) is 76.3 Å². The lowest BCUT2D eigenvalue weighted by Crippen LogP contribution is -2.23. The topological polar surface area (TPSA) is 79.7 Å². The van der Waals surface area contributed by atoms with Crippen molar-refractivity contribution in [2.75, 3.05) is 4.90 Å². The minimum absolute atomic E-state index is 0.0317. The first kappa shape index (κ1) is 22.4. The maximum absolute atomic E-state index is 13.0. The summed E-state index contributed by atoms with van der Waals surface area (Å²) in [6.45, 7) is 0.901. The molecule has 1 amide bonds. The van der Waals surface area contributed by atoms with Gasteiger partial charge in [0, 0.05) is 12.3 Å². The molecule has 6 nitrogen and oxygen atoms in total. The van der Waals surface area contributed by atoms with Crippen molar-refractivity contribution in [1.29, 1.82) is 0 Å². The van der Waals surface area contributed by atoms with E-state index in [4.69, 9.17) is 9.84 Å². The lowest BCUT2D eigenvalue weighted by atomic mass is 10.1. The van der Waals surface area contributed by atoms with Gasteiger partial charge in [0.15, 0.2) is 5.13 Å². The minimum atomic E-state index is -4.55. The van der Waals surface area contributed by atoms with Crippen LogP contribution in [0, 0.1) is 0 Å². The van der Waals surface area contributed by atoms with Gasteiger partial charge in [0.1, 0.15) is 6.61 Å². The van der Waals surface area contributed by atoms with E-state index in [1.54, 1.807) is 17.5 Å². The summed E-state index contributed by atoms with van der Waals surface area (Å²) in [6, 6.07) is 10.6. The number of amides is 1. The Labute approximate surface area is 179 Å². The molecular weight excluding hydrogens is 433 g/mol. The van der Waals surface area contributed by atoms with E-state index in [2.05, 4.69) is 4.98 Å². The lowest BCUT2D eigenvalue weighted by molar-refractivity contribution is -0.137. The van der Waals surface area contributed by atoms with Gasteiger partial charge in [0.25, 0.3) is 0 Å². The Morgan fingerprint density at radius 3 is 2.48 bits per heavy atom. The van der Waals surface area contributed by atoms with Gasteiger partial charge in [0.2, 0.25) is 5.91 Å². The Bertz CT molecular complexity index is 1080. The van der Waals surface area contributed by atoms with Crippen LogP contribution in [0.4, 0.5) is 24.0 Å². The number of rotatable bonds is 6. The Hall–Kier alpha value is -3.24. The number of aliphatic hydroxyl groups excluding tert-OH is 1. The van der Waals surface area contributed by atoms with Gasteiger partial charge in [-0.25, -0.2) is 9.78 Å². The van der Waals surface area contributed by atoms with Gasteiger partial charge in [-0.05, 0) is 35.9 Å². The molecule has 0 atom stereocenters. The quantitative estimate of drug-likeness (QED) is 0.551. The van der Waals surface area contributed by atoms with Crippen LogP contribution in [0.1, 0.15) is 34.1 Å². The highest BCUT2D eigenvalue weighted by Crippen LogP contribution is 2.35. The van der Waals surface area contributed by atoms with Crippen LogP contribution in [-0.4, -0.2) is 22.0 Å². The second kappa shape index (κ2) is 9.27. The fraction of sp³-hybridized carbons (Fsp3) is 0.190. The number of hydrogen-bond acceptors (Lipinski definition) is 6. The number of esters is 1. The molecule has 1 N–H and O–H groups in total. The standard InChI is InChI=1S/C21H17F3N2O4S/c1-13(28)26(18-4-2-3-16(9-18)21(22,23)24)20-25-17(12-31-20)11-30-19(29)15-7-5-14(10-27)6-8-15/h2-9,12,27H,10-11H2,1H3. The molecule has 0 saturated carbocycles. The first-order valence-corrected chi connectivity index (χ1v) is 9.86. The Morgan fingerprint density at radius 2 is 1.87 bits per heavy atom. The summed E-state index contributed by atoms with van der Waals surface area (Å²) in [5, 5.41) is 10.7. The Balaban J connectivity index is 1.74. The Kier molecular flexibility index (Phi) is 6.71. The van der Waals surface area contributed by atoms with Gasteiger partial charge in [0.05, 0.1) is 29.1 Å². The van der Waals surface area contributed by atoms with E-state index in [9.17, 15) is 22.8 Å². The highest BCUT2D eigenvalue weighted by atomic mass is 32.1. The van der Waals surface area contributed by atoms with Gasteiger partial charge >= 0.3 is 12.1 Å². The van der Waals surface area contributed by atoms with Crippen LogP contribution in [0.2, 0.25) is 0 Å². The summed E-state index contributed by atoms with van der Waals surface area (Å²) in [4.78, 5) is 29.6. The molecule has 0 spiro atoms. The fourth-order valence-electron chi connectivity index (χ4n) is 2.68. The monoisotopic (exact) mass is 450 g/mol. The molecule has 3 aromatic rings. The van der Waals surface area contributed by atoms with Gasteiger partial charge < -0.3 is 9.84 Å². The molecule has 1 heterocycles. The largest absolute Gasteiger partial charge is 0.456 e. The fourth-order valence-corrected chi connectivity index (χ4v) is 3.55. The number of thiazole rings is 1. The number of aliphatic hydroxyl groups is 1. The third kappa shape index (κ3) is 5.47. The molecule has 31 heavy (non-hydrogen) atoms. The highest BCUT2D eigenvalue weighted by Gasteiger charge is 2.31. The number of benzene rings is 2. The predicted molar refractivity (Wildman–Crippen MR) is 108 cm³/mol. The highest BCUT2D eigenvalue weighted by molar-refractivity contribution is 7.14. The van der Waals surface area contributed by atoms with Crippen molar-refractivity contribution in [2.24, 2.45) is 0 Å². The van der Waals surface area contributed by atoms with Crippen molar-refractivity contribution in [1.82, 2.24) is 4.98 Å². The molecule has 0 aliphatic carbocycles. The van der Waals surface area contributed by atoms with Crippen LogP contribution in [0.5, 0.6) is 0 Å². The maximum Gasteiger partial charge on any atom is 0.416 e. The first-order chi connectivity index (χ1) is 14.7. The number of ether oxygens (including phenoxy) is 1. The van der Waals surface area contributed by atoms with E-state index < -0.39 is 23.6 Å². The van der Waals surface area contributed by atoms with E-state index in [0.717, 1.165) is 28.4 Å². The number of hydrogen-bond donors (Lipinski definition) is 1. The van der Waals surface area contributed by atoms with Gasteiger partial charge in [-0.2, -0.15) is 13.2 Å². The molecule has 162 valence electrons. The zero-order valence-electron chi connectivity index (χ0n) is 16.2. The molecule has 0 aliphatic rings. The van der Waals surface area contributed by atoms with Crippen LogP contribution >= 0.6 is 11.3 Å². The average molecular weight is 450 g/mol. The second-order valence-corrected chi connectivity index (χ2v) is 7.29. The third-order valence-corrected chi connectivity index (χ3v) is 5.08. The number of nitrogens with zero attached hydrogens (tertiary/aromatic N) is 2. The summed E-state index contributed by atoms with van der Waals surface area (Å²) in [7, 11) is 0. The number of carbonyl (C=O) groups excluding carboxylic acids is 2. The molecular formula is C21H17F3N2O4S. The summed E-state index contributed by atoms with van der Waals surface area (Å²) >= 11 is 1.04. The molecule has 0 aliphatic heterocycles. The number of alkyl halides is 3. The average Bonchev–Trinajstić information content (AvgIpc) is 3.20. The molecule has 3 rings (SSSR count). The Morgan fingerprint density at radius 1 is 1.16 bits per heavy atom. The summed E-state index contributed by atoms with van der Waals surface area (Å²) in [5.41, 5.74) is 0.443. The van der Waals surface area contributed by atoms with Gasteiger partial charge in [-0.3, -0.25) is 9.69 Å². The van der Waals surface area contributed by atoms with Crippen LogP contribution in [-0.2, 0) is 28.9 Å². The SMILES string of the molecule is CC(=O)N(c1cccc(C(F)(F)F)c1)c1nc(COC(=O)c2ccc(CO)cc2)cs1. The smallest absolute Gasteiger partial charge is 0.416 e. The number of halogens is 3. The van der Waals surface area contributed by atoms with E-state index in [-0.39, 0.29) is 24.0 Å². The number of aromatic nitrogens is 1. The van der Waals surface area contributed by atoms with Crippen LogP contribution < -0.4 is 4.90 Å². The number of anilines is 2. The van der Waals surface area contributed by atoms with E-state index in [1.165, 1.54) is 31.2 Å². The number of carbonyl (C=O) groups is 2. The van der Waals surface area contributed by atoms with Crippen molar-refractivity contribution < 1.29 is 32.6 Å². The molecule has 0 fully saturated rings. The minimum Gasteiger partial charge on any atom is -0.456 e. The van der Waals surface area contributed by atoms with Crippen molar-refractivity contribution >= 4 is 34.0 Å². The van der Waals surface area contributed by atoms with Gasteiger partial charge in [-0.1, -0.05) is 18.2 Å².